The largest absolute Gasteiger partial charge is 0.493 e. The van der Waals surface area contributed by atoms with Crippen molar-refractivity contribution in [2.45, 2.75) is 6.18 Å². The number of hydrogen-bond donors (Lipinski definition) is 2. The summed E-state index contributed by atoms with van der Waals surface area (Å²) in [6, 6.07) is 11.6. The maximum atomic E-state index is 12.8. The van der Waals surface area contributed by atoms with Crippen molar-refractivity contribution in [3.05, 3.63) is 60.3 Å². The van der Waals surface area contributed by atoms with Gasteiger partial charge < -0.3 is 20.1 Å². The molecule has 1 aromatic heterocycles. The van der Waals surface area contributed by atoms with Crippen LogP contribution in [0.3, 0.4) is 0 Å². The number of alkyl halides is 3. The average molecular weight is 390 g/mol. The molecule has 0 saturated carbocycles. The fourth-order valence-corrected chi connectivity index (χ4v) is 2.45. The molecule has 0 fully saturated rings. The third kappa shape index (κ3) is 4.61. The van der Waals surface area contributed by atoms with E-state index in [1.807, 2.05) is 0 Å². The zero-order valence-electron chi connectivity index (χ0n) is 15.0. The molecular weight excluding hydrogens is 373 g/mol. The Balaban J connectivity index is 1.78. The molecule has 2 aromatic carbocycles. The van der Waals surface area contributed by atoms with E-state index in [1.54, 1.807) is 24.3 Å². The van der Waals surface area contributed by atoms with E-state index in [1.165, 1.54) is 32.5 Å². The molecule has 0 atom stereocenters. The van der Waals surface area contributed by atoms with E-state index >= 15 is 0 Å². The van der Waals surface area contributed by atoms with Gasteiger partial charge in [0, 0.05) is 23.6 Å². The number of anilines is 4. The molecule has 0 radical (unpaired) electrons. The molecule has 0 unspecified atom stereocenters. The predicted octanol–water partition coefficient (Wildman–Crippen LogP) is 5.00. The van der Waals surface area contributed by atoms with Gasteiger partial charge in [0.1, 0.15) is 5.82 Å². The van der Waals surface area contributed by atoms with Crippen LogP contribution in [-0.2, 0) is 6.18 Å². The first-order valence-corrected chi connectivity index (χ1v) is 8.15. The van der Waals surface area contributed by atoms with Gasteiger partial charge in [0.15, 0.2) is 11.5 Å². The molecule has 0 aliphatic heterocycles. The molecule has 6 nitrogen and oxygen atoms in total. The highest BCUT2D eigenvalue weighted by Gasteiger charge is 2.30. The minimum Gasteiger partial charge on any atom is -0.493 e. The van der Waals surface area contributed by atoms with Gasteiger partial charge in [-0.1, -0.05) is 6.07 Å². The van der Waals surface area contributed by atoms with Gasteiger partial charge in [0.25, 0.3) is 0 Å². The van der Waals surface area contributed by atoms with E-state index in [-0.39, 0.29) is 11.6 Å². The number of halogens is 3. The van der Waals surface area contributed by atoms with Gasteiger partial charge >= 0.3 is 6.18 Å². The summed E-state index contributed by atoms with van der Waals surface area (Å²) < 4.78 is 49.0. The van der Waals surface area contributed by atoms with Crippen molar-refractivity contribution in [1.82, 2.24) is 9.97 Å². The zero-order chi connectivity index (χ0) is 20.1. The van der Waals surface area contributed by atoms with Gasteiger partial charge in [-0.15, -0.1) is 0 Å². The first-order valence-electron chi connectivity index (χ1n) is 8.15. The van der Waals surface area contributed by atoms with Crippen LogP contribution >= 0.6 is 0 Å². The van der Waals surface area contributed by atoms with Gasteiger partial charge in [-0.2, -0.15) is 18.2 Å². The van der Waals surface area contributed by atoms with Crippen LogP contribution in [-0.4, -0.2) is 24.2 Å². The van der Waals surface area contributed by atoms with Crippen LogP contribution in [0.5, 0.6) is 11.5 Å². The molecule has 2 N–H and O–H groups in total. The minimum absolute atomic E-state index is 0.268. The van der Waals surface area contributed by atoms with Crippen molar-refractivity contribution < 1.29 is 22.6 Å². The number of aromatic nitrogens is 2. The summed E-state index contributed by atoms with van der Waals surface area (Å²) in [5.74, 6) is 1.72. The van der Waals surface area contributed by atoms with Gasteiger partial charge in [-0.3, -0.25) is 0 Å². The molecule has 3 aromatic rings. The van der Waals surface area contributed by atoms with Crippen molar-refractivity contribution in [2.24, 2.45) is 0 Å². The summed E-state index contributed by atoms with van der Waals surface area (Å²) in [7, 11) is 3.06. The Hall–Kier alpha value is -3.49. The van der Waals surface area contributed by atoms with Crippen LogP contribution in [0.4, 0.5) is 36.3 Å². The number of hydrogen-bond acceptors (Lipinski definition) is 6. The summed E-state index contributed by atoms with van der Waals surface area (Å²) >= 11 is 0. The Morgan fingerprint density at radius 1 is 0.857 bits per heavy atom. The van der Waals surface area contributed by atoms with Crippen LogP contribution in [0, 0.1) is 0 Å². The molecule has 3 rings (SSSR count). The molecular formula is C19H17F3N4O2. The standard InChI is InChI=1S/C19H17F3N4O2/c1-27-15-7-6-14(11-16(15)28-2)25-18-23-9-8-17(26-18)24-13-5-3-4-12(10-13)19(20,21)22/h3-11H,1-2H3,(H2,23,24,25,26). The SMILES string of the molecule is COc1ccc(Nc2nccc(Nc3cccc(C(F)(F)F)c3)n2)cc1OC. The van der Waals surface area contributed by atoms with Gasteiger partial charge in [0.05, 0.1) is 19.8 Å². The van der Waals surface area contributed by atoms with E-state index < -0.39 is 11.7 Å². The van der Waals surface area contributed by atoms with Gasteiger partial charge in [-0.05, 0) is 36.4 Å². The molecule has 28 heavy (non-hydrogen) atoms. The van der Waals surface area contributed by atoms with Gasteiger partial charge in [-0.25, -0.2) is 4.98 Å². The second-order valence-corrected chi connectivity index (χ2v) is 5.66. The lowest BCUT2D eigenvalue weighted by molar-refractivity contribution is -0.137. The number of ether oxygens (including phenoxy) is 2. The number of methoxy groups -OCH3 is 2. The molecule has 0 saturated heterocycles. The number of benzene rings is 2. The smallest absolute Gasteiger partial charge is 0.416 e. The quantitative estimate of drug-likeness (QED) is 0.617. The van der Waals surface area contributed by atoms with Crippen LogP contribution in [0.25, 0.3) is 0 Å². The first-order chi connectivity index (χ1) is 13.4. The number of nitrogens with one attached hydrogen (secondary N) is 2. The maximum absolute atomic E-state index is 12.8. The Morgan fingerprint density at radius 2 is 1.61 bits per heavy atom. The Morgan fingerprint density at radius 3 is 2.32 bits per heavy atom. The second kappa shape index (κ2) is 8.03. The molecule has 146 valence electrons. The fraction of sp³-hybridized carbons (Fsp3) is 0.158. The number of nitrogens with zero attached hydrogens (tertiary/aromatic N) is 2. The predicted molar refractivity (Wildman–Crippen MR) is 99.6 cm³/mol. The molecule has 9 heteroatoms. The minimum atomic E-state index is -4.41. The van der Waals surface area contributed by atoms with Crippen molar-refractivity contribution in [1.29, 1.82) is 0 Å². The number of rotatable bonds is 6. The van der Waals surface area contributed by atoms with E-state index in [0.717, 1.165) is 12.1 Å². The van der Waals surface area contributed by atoms with E-state index in [2.05, 4.69) is 20.6 Å². The van der Waals surface area contributed by atoms with E-state index in [0.29, 0.717) is 23.0 Å². The van der Waals surface area contributed by atoms with E-state index in [9.17, 15) is 13.2 Å². The van der Waals surface area contributed by atoms with Crippen molar-refractivity contribution in [3.63, 3.8) is 0 Å². The van der Waals surface area contributed by atoms with Crippen molar-refractivity contribution in [3.8, 4) is 11.5 Å². The topological polar surface area (TPSA) is 68.3 Å². The lowest BCUT2D eigenvalue weighted by atomic mass is 10.2. The monoisotopic (exact) mass is 390 g/mol. The maximum Gasteiger partial charge on any atom is 0.416 e. The van der Waals surface area contributed by atoms with Gasteiger partial charge in [0.2, 0.25) is 5.95 Å². The molecule has 0 aliphatic carbocycles. The third-order valence-electron chi connectivity index (χ3n) is 3.76. The molecule has 0 amide bonds. The van der Waals surface area contributed by atoms with Crippen LogP contribution in [0.2, 0.25) is 0 Å². The summed E-state index contributed by atoms with van der Waals surface area (Å²) in [5.41, 5.74) is 0.190. The highest BCUT2D eigenvalue weighted by Crippen LogP contribution is 2.32. The Kier molecular flexibility index (Phi) is 5.53. The highest BCUT2D eigenvalue weighted by molar-refractivity contribution is 5.62. The zero-order valence-corrected chi connectivity index (χ0v) is 15.0. The molecule has 0 aliphatic rings. The van der Waals surface area contributed by atoms with Crippen LogP contribution in [0.15, 0.2) is 54.7 Å². The normalized spacial score (nSPS) is 11.0. The van der Waals surface area contributed by atoms with Crippen LogP contribution in [0.1, 0.15) is 5.56 Å². The molecule has 0 bridgehead atoms. The summed E-state index contributed by atoms with van der Waals surface area (Å²) in [6.07, 6.45) is -2.92. The van der Waals surface area contributed by atoms with Crippen molar-refractivity contribution >= 4 is 23.1 Å². The fourth-order valence-electron chi connectivity index (χ4n) is 2.45. The highest BCUT2D eigenvalue weighted by atomic mass is 19.4. The molecule has 1 heterocycles. The summed E-state index contributed by atoms with van der Waals surface area (Å²) in [4.78, 5) is 8.38. The van der Waals surface area contributed by atoms with Crippen LogP contribution < -0.4 is 20.1 Å². The van der Waals surface area contributed by atoms with Crippen molar-refractivity contribution in [2.75, 3.05) is 24.9 Å². The lowest BCUT2D eigenvalue weighted by Gasteiger charge is -2.12. The summed E-state index contributed by atoms with van der Waals surface area (Å²) in [5, 5.41) is 5.86. The average Bonchev–Trinajstić information content (AvgIpc) is 2.68. The second-order valence-electron chi connectivity index (χ2n) is 5.66. The summed E-state index contributed by atoms with van der Waals surface area (Å²) in [6.45, 7) is 0. The van der Waals surface area contributed by atoms with E-state index in [4.69, 9.17) is 9.47 Å². The Bertz CT molecular complexity index is 964. The lowest BCUT2D eigenvalue weighted by Crippen LogP contribution is -2.05. The third-order valence-corrected chi connectivity index (χ3v) is 3.76. The Labute approximate surface area is 159 Å². The molecule has 0 spiro atoms. The first kappa shape index (κ1) is 19.3.